The Morgan fingerprint density at radius 2 is 1.85 bits per heavy atom. The Morgan fingerprint density at radius 1 is 1.10 bits per heavy atom. The second kappa shape index (κ2) is 5.26. The minimum absolute atomic E-state index is 0.273. The van der Waals surface area contributed by atoms with Crippen molar-refractivity contribution in [1.82, 2.24) is 10.2 Å². The second-order valence-electron chi connectivity index (χ2n) is 8.16. The zero-order valence-electron chi connectivity index (χ0n) is 13.7. The molecule has 2 aliphatic carbocycles. The van der Waals surface area contributed by atoms with Gasteiger partial charge in [0.25, 0.3) is 0 Å². The molecule has 1 heterocycles. The van der Waals surface area contributed by atoms with Crippen molar-refractivity contribution in [2.75, 3.05) is 20.2 Å². The fourth-order valence-electron chi connectivity index (χ4n) is 4.38. The summed E-state index contributed by atoms with van der Waals surface area (Å²) in [4.78, 5) is 2.81. The van der Waals surface area contributed by atoms with Crippen LogP contribution >= 0.6 is 0 Å². The summed E-state index contributed by atoms with van der Waals surface area (Å²) >= 11 is 0. The van der Waals surface area contributed by atoms with Gasteiger partial charge in [0.05, 0.1) is 6.10 Å². The number of methoxy groups -OCH3 is 1. The highest BCUT2D eigenvalue weighted by molar-refractivity contribution is 5.08. The van der Waals surface area contributed by atoms with Crippen LogP contribution < -0.4 is 5.32 Å². The van der Waals surface area contributed by atoms with E-state index in [1.807, 2.05) is 7.11 Å². The molecule has 3 nitrogen and oxygen atoms in total. The third-order valence-corrected chi connectivity index (χ3v) is 6.05. The molecule has 3 aliphatic rings. The van der Waals surface area contributed by atoms with Crippen molar-refractivity contribution in [3.8, 4) is 0 Å². The van der Waals surface area contributed by atoms with Crippen molar-refractivity contribution < 1.29 is 4.74 Å². The number of nitrogens with one attached hydrogen (secondary N) is 1. The predicted octanol–water partition coefficient (Wildman–Crippen LogP) is 2.80. The van der Waals surface area contributed by atoms with E-state index in [-0.39, 0.29) is 5.54 Å². The Hall–Kier alpha value is -0.120. The number of hydrogen-bond acceptors (Lipinski definition) is 3. The molecule has 0 radical (unpaired) electrons. The van der Waals surface area contributed by atoms with Gasteiger partial charge in [-0.2, -0.15) is 0 Å². The van der Waals surface area contributed by atoms with Crippen molar-refractivity contribution in [2.45, 2.75) is 82.5 Å². The summed E-state index contributed by atoms with van der Waals surface area (Å²) in [5.41, 5.74) is 0.615. The van der Waals surface area contributed by atoms with E-state index in [1.165, 1.54) is 45.1 Å². The van der Waals surface area contributed by atoms with E-state index in [0.29, 0.717) is 17.7 Å². The van der Waals surface area contributed by atoms with E-state index in [0.717, 1.165) is 12.5 Å². The summed E-state index contributed by atoms with van der Waals surface area (Å²) in [5, 5.41) is 3.87. The summed E-state index contributed by atoms with van der Waals surface area (Å²) in [6, 6.07) is 0.712. The van der Waals surface area contributed by atoms with Crippen molar-refractivity contribution in [3.63, 3.8) is 0 Å². The van der Waals surface area contributed by atoms with E-state index < -0.39 is 0 Å². The SMILES string of the molecule is COC1CCCC(N2CC(C)(C3CC3)NCC2(C)C)C1. The average molecular weight is 280 g/mol. The molecule has 0 aromatic rings. The molecule has 3 atom stereocenters. The molecule has 1 N–H and O–H groups in total. The summed E-state index contributed by atoms with van der Waals surface area (Å²) in [5.74, 6) is 0.905. The lowest BCUT2D eigenvalue weighted by Gasteiger charge is -2.55. The van der Waals surface area contributed by atoms with Crippen LogP contribution in [0.5, 0.6) is 0 Å². The number of ether oxygens (including phenoxy) is 1. The fourth-order valence-corrected chi connectivity index (χ4v) is 4.38. The zero-order valence-corrected chi connectivity index (χ0v) is 13.7. The van der Waals surface area contributed by atoms with E-state index in [9.17, 15) is 0 Å². The quantitative estimate of drug-likeness (QED) is 0.860. The van der Waals surface area contributed by atoms with Crippen molar-refractivity contribution in [3.05, 3.63) is 0 Å². The molecule has 116 valence electrons. The summed E-state index contributed by atoms with van der Waals surface area (Å²) in [6.07, 6.45) is 8.46. The van der Waals surface area contributed by atoms with Gasteiger partial charge in [-0.25, -0.2) is 0 Å². The van der Waals surface area contributed by atoms with Crippen LogP contribution in [-0.2, 0) is 4.74 Å². The number of rotatable bonds is 3. The Labute approximate surface area is 124 Å². The number of nitrogens with zero attached hydrogens (tertiary/aromatic N) is 1. The second-order valence-corrected chi connectivity index (χ2v) is 8.16. The Balaban J connectivity index is 1.73. The minimum Gasteiger partial charge on any atom is -0.381 e. The van der Waals surface area contributed by atoms with Gasteiger partial charge in [-0.05, 0) is 65.2 Å². The molecule has 1 saturated heterocycles. The lowest BCUT2D eigenvalue weighted by atomic mass is 9.82. The maximum absolute atomic E-state index is 5.65. The third-order valence-electron chi connectivity index (χ3n) is 6.05. The molecule has 2 saturated carbocycles. The van der Waals surface area contributed by atoms with Crippen molar-refractivity contribution in [2.24, 2.45) is 5.92 Å². The van der Waals surface area contributed by atoms with Crippen LogP contribution in [0.4, 0.5) is 0 Å². The zero-order chi connectivity index (χ0) is 14.4. The van der Waals surface area contributed by atoms with Crippen LogP contribution in [-0.4, -0.2) is 48.3 Å². The van der Waals surface area contributed by atoms with Gasteiger partial charge < -0.3 is 10.1 Å². The minimum atomic E-state index is 0.273. The van der Waals surface area contributed by atoms with E-state index in [1.54, 1.807) is 0 Å². The van der Waals surface area contributed by atoms with Gasteiger partial charge in [-0.3, -0.25) is 4.90 Å². The Morgan fingerprint density at radius 3 is 2.50 bits per heavy atom. The first-order chi connectivity index (χ1) is 9.44. The molecule has 0 bridgehead atoms. The third kappa shape index (κ3) is 2.77. The smallest absolute Gasteiger partial charge is 0.0586 e. The molecule has 1 aliphatic heterocycles. The first-order valence-corrected chi connectivity index (χ1v) is 8.49. The van der Waals surface area contributed by atoms with Gasteiger partial charge in [-0.1, -0.05) is 0 Å². The molecule has 0 spiro atoms. The number of hydrogen-bond donors (Lipinski definition) is 1. The normalized spacial score (nSPS) is 42.6. The Kier molecular flexibility index (Phi) is 3.89. The van der Waals surface area contributed by atoms with Crippen LogP contribution in [0.15, 0.2) is 0 Å². The van der Waals surface area contributed by atoms with Crippen LogP contribution in [0.25, 0.3) is 0 Å². The maximum Gasteiger partial charge on any atom is 0.0586 e. The molecule has 0 amide bonds. The first-order valence-electron chi connectivity index (χ1n) is 8.49. The highest BCUT2D eigenvalue weighted by atomic mass is 16.5. The standard InChI is InChI=1S/C17H32N2O/c1-16(2)11-18-17(3,13-8-9-13)12-19(16)14-6-5-7-15(10-14)20-4/h13-15,18H,5-12H2,1-4H3. The van der Waals surface area contributed by atoms with Crippen LogP contribution in [0.2, 0.25) is 0 Å². The molecule has 3 rings (SSSR count). The topological polar surface area (TPSA) is 24.5 Å². The highest BCUT2D eigenvalue weighted by Gasteiger charge is 2.50. The summed E-state index contributed by atoms with van der Waals surface area (Å²) in [6.45, 7) is 9.59. The van der Waals surface area contributed by atoms with Crippen LogP contribution in [0, 0.1) is 5.92 Å². The molecular weight excluding hydrogens is 248 g/mol. The van der Waals surface area contributed by atoms with Gasteiger partial charge in [0.2, 0.25) is 0 Å². The molecule has 0 aromatic heterocycles. The van der Waals surface area contributed by atoms with Crippen LogP contribution in [0.3, 0.4) is 0 Å². The van der Waals surface area contributed by atoms with Gasteiger partial charge in [0, 0.05) is 37.3 Å². The Bertz CT molecular complexity index is 353. The maximum atomic E-state index is 5.65. The van der Waals surface area contributed by atoms with Gasteiger partial charge in [0.1, 0.15) is 0 Å². The molecule has 3 fully saturated rings. The molecular formula is C17H32N2O. The van der Waals surface area contributed by atoms with Gasteiger partial charge in [0.15, 0.2) is 0 Å². The first kappa shape index (κ1) is 14.8. The van der Waals surface area contributed by atoms with E-state index in [4.69, 9.17) is 4.74 Å². The van der Waals surface area contributed by atoms with Gasteiger partial charge >= 0.3 is 0 Å². The molecule has 3 unspecified atom stereocenters. The summed E-state index contributed by atoms with van der Waals surface area (Å²) in [7, 11) is 1.88. The lowest BCUT2D eigenvalue weighted by molar-refractivity contribution is -0.0464. The molecule has 3 heteroatoms. The van der Waals surface area contributed by atoms with Gasteiger partial charge in [-0.15, -0.1) is 0 Å². The van der Waals surface area contributed by atoms with E-state index in [2.05, 4.69) is 31.0 Å². The molecule has 0 aromatic carbocycles. The van der Waals surface area contributed by atoms with E-state index >= 15 is 0 Å². The molecule has 20 heavy (non-hydrogen) atoms. The van der Waals surface area contributed by atoms with Crippen molar-refractivity contribution >= 4 is 0 Å². The van der Waals surface area contributed by atoms with Crippen molar-refractivity contribution in [1.29, 1.82) is 0 Å². The lowest BCUT2D eigenvalue weighted by Crippen LogP contribution is -2.70. The predicted molar refractivity (Wildman–Crippen MR) is 83.0 cm³/mol. The highest BCUT2D eigenvalue weighted by Crippen LogP contribution is 2.44. The average Bonchev–Trinajstić information content (AvgIpc) is 3.27. The summed E-state index contributed by atoms with van der Waals surface area (Å²) < 4.78 is 5.65. The largest absolute Gasteiger partial charge is 0.381 e. The number of piperazine rings is 1. The monoisotopic (exact) mass is 280 g/mol. The van der Waals surface area contributed by atoms with Crippen LogP contribution in [0.1, 0.15) is 59.3 Å². The fraction of sp³-hybridized carbons (Fsp3) is 1.00.